The van der Waals surface area contributed by atoms with E-state index in [2.05, 4.69) is 63.5 Å². The Balaban J connectivity index is 1.99. The summed E-state index contributed by atoms with van der Waals surface area (Å²) in [5.41, 5.74) is 2.56. The molecule has 2 rings (SSSR count). The highest BCUT2D eigenvalue weighted by Gasteiger charge is 2.08. The standard InChI is InChI=1S/C14H17BrN2/c1-2-14(11-5-7-12(15)8-6-11)17-10-13-4-3-9-16-13/h3-9,14,16-17H,2,10H2,1H3. The van der Waals surface area contributed by atoms with Gasteiger partial charge in [0.25, 0.3) is 0 Å². The van der Waals surface area contributed by atoms with E-state index in [1.807, 2.05) is 12.3 Å². The van der Waals surface area contributed by atoms with Crippen LogP contribution in [-0.2, 0) is 6.54 Å². The maximum Gasteiger partial charge on any atom is 0.0362 e. The lowest BCUT2D eigenvalue weighted by Gasteiger charge is -2.17. The number of rotatable bonds is 5. The second-order valence-corrected chi connectivity index (χ2v) is 5.00. The molecule has 1 atom stereocenters. The number of hydrogen-bond donors (Lipinski definition) is 2. The molecule has 0 radical (unpaired) electrons. The molecule has 3 heteroatoms. The van der Waals surface area contributed by atoms with Crippen LogP contribution < -0.4 is 5.32 Å². The van der Waals surface area contributed by atoms with Crippen molar-refractivity contribution in [2.45, 2.75) is 25.9 Å². The summed E-state index contributed by atoms with van der Waals surface area (Å²) in [6, 6.07) is 13.0. The first-order chi connectivity index (χ1) is 8.29. The molecule has 0 spiro atoms. The van der Waals surface area contributed by atoms with Gasteiger partial charge in [-0.1, -0.05) is 35.0 Å². The van der Waals surface area contributed by atoms with Crippen LogP contribution in [0.2, 0.25) is 0 Å². The molecule has 2 nitrogen and oxygen atoms in total. The minimum atomic E-state index is 0.409. The van der Waals surface area contributed by atoms with Gasteiger partial charge in [-0.05, 0) is 36.2 Å². The zero-order chi connectivity index (χ0) is 12.1. The predicted molar refractivity (Wildman–Crippen MR) is 74.8 cm³/mol. The van der Waals surface area contributed by atoms with Gasteiger partial charge in [0.05, 0.1) is 0 Å². The lowest BCUT2D eigenvalue weighted by atomic mass is 10.0. The predicted octanol–water partition coefficient (Wildman–Crippen LogP) is 4.02. The summed E-state index contributed by atoms with van der Waals surface area (Å²) < 4.78 is 1.13. The molecule has 2 N–H and O–H groups in total. The van der Waals surface area contributed by atoms with E-state index >= 15 is 0 Å². The van der Waals surface area contributed by atoms with E-state index in [9.17, 15) is 0 Å². The van der Waals surface area contributed by atoms with Gasteiger partial charge in [0, 0.05) is 29.0 Å². The highest BCUT2D eigenvalue weighted by Crippen LogP contribution is 2.19. The number of nitrogens with one attached hydrogen (secondary N) is 2. The molecule has 0 aliphatic carbocycles. The summed E-state index contributed by atoms with van der Waals surface area (Å²) in [7, 11) is 0. The number of hydrogen-bond acceptors (Lipinski definition) is 1. The van der Waals surface area contributed by atoms with Crippen molar-refractivity contribution >= 4 is 15.9 Å². The number of aromatic nitrogens is 1. The Morgan fingerprint density at radius 1 is 1.24 bits per heavy atom. The van der Waals surface area contributed by atoms with Crippen LogP contribution in [0.4, 0.5) is 0 Å². The second kappa shape index (κ2) is 6.03. The summed E-state index contributed by atoms with van der Waals surface area (Å²) in [4.78, 5) is 3.21. The molecule has 0 fully saturated rings. The van der Waals surface area contributed by atoms with E-state index in [0.717, 1.165) is 17.4 Å². The minimum Gasteiger partial charge on any atom is -0.364 e. The van der Waals surface area contributed by atoms with E-state index in [4.69, 9.17) is 0 Å². The van der Waals surface area contributed by atoms with Gasteiger partial charge < -0.3 is 10.3 Å². The Bertz CT molecular complexity index is 434. The third-order valence-electron chi connectivity index (χ3n) is 2.88. The number of aromatic amines is 1. The average molecular weight is 293 g/mol. The van der Waals surface area contributed by atoms with Gasteiger partial charge in [-0.2, -0.15) is 0 Å². The zero-order valence-corrected chi connectivity index (χ0v) is 11.5. The first-order valence-electron chi connectivity index (χ1n) is 5.90. The van der Waals surface area contributed by atoms with Gasteiger partial charge in [0.1, 0.15) is 0 Å². The minimum absolute atomic E-state index is 0.409. The maximum atomic E-state index is 3.56. The molecule has 17 heavy (non-hydrogen) atoms. The highest BCUT2D eigenvalue weighted by atomic mass is 79.9. The lowest BCUT2D eigenvalue weighted by molar-refractivity contribution is 0.515. The molecule has 0 bridgehead atoms. The van der Waals surface area contributed by atoms with Crippen LogP contribution in [0.25, 0.3) is 0 Å². The third kappa shape index (κ3) is 3.45. The van der Waals surface area contributed by atoms with Crippen molar-refractivity contribution < 1.29 is 0 Å². The summed E-state index contributed by atoms with van der Waals surface area (Å²) in [5, 5.41) is 3.56. The van der Waals surface area contributed by atoms with Crippen LogP contribution in [0.3, 0.4) is 0 Å². The van der Waals surface area contributed by atoms with E-state index in [1.165, 1.54) is 11.3 Å². The quantitative estimate of drug-likeness (QED) is 0.856. The average Bonchev–Trinajstić information content (AvgIpc) is 2.85. The maximum absolute atomic E-state index is 3.56. The van der Waals surface area contributed by atoms with Gasteiger partial charge in [0.2, 0.25) is 0 Å². The van der Waals surface area contributed by atoms with Crippen molar-refractivity contribution in [1.29, 1.82) is 0 Å². The first kappa shape index (κ1) is 12.4. The summed E-state index contributed by atoms with van der Waals surface area (Å²) in [6.45, 7) is 3.08. The first-order valence-corrected chi connectivity index (χ1v) is 6.70. The third-order valence-corrected chi connectivity index (χ3v) is 3.41. The Morgan fingerprint density at radius 3 is 2.59 bits per heavy atom. The summed E-state index contributed by atoms with van der Waals surface area (Å²) in [5.74, 6) is 0. The Kier molecular flexibility index (Phi) is 4.40. The molecule has 1 aromatic heterocycles. The fourth-order valence-corrected chi connectivity index (χ4v) is 2.17. The molecule has 0 amide bonds. The molecule has 2 aromatic rings. The molecule has 0 aliphatic rings. The fourth-order valence-electron chi connectivity index (χ4n) is 1.90. The van der Waals surface area contributed by atoms with Crippen molar-refractivity contribution in [2.75, 3.05) is 0 Å². The normalized spacial score (nSPS) is 12.6. The summed E-state index contributed by atoms with van der Waals surface area (Å²) in [6.07, 6.45) is 3.04. The number of benzene rings is 1. The van der Waals surface area contributed by atoms with Gasteiger partial charge in [0.15, 0.2) is 0 Å². The van der Waals surface area contributed by atoms with Crippen molar-refractivity contribution in [3.63, 3.8) is 0 Å². The highest BCUT2D eigenvalue weighted by molar-refractivity contribution is 9.10. The van der Waals surface area contributed by atoms with Gasteiger partial charge in [-0.15, -0.1) is 0 Å². The van der Waals surface area contributed by atoms with Crippen molar-refractivity contribution in [3.8, 4) is 0 Å². The van der Waals surface area contributed by atoms with Gasteiger partial charge in [-0.25, -0.2) is 0 Å². The van der Waals surface area contributed by atoms with Gasteiger partial charge >= 0.3 is 0 Å². The Labute approximate surface area is 111 Å². The Hall–Kier alpha value is -1.06. The molecule has 0 aliphatic heterocycles. The fraction of sp³-hybridized carbons (Fsp3) is 0.286. The summed E-state index contributed by atoms with van der Waals surface area (Å²) >= 11 is 3.46. The van der Waals surface area contributed by atoms with Crippen LogP contribution in [0.15, 0.2) is 47.1 Å². The molecule has 90 valence electrons. The van der Waals surface area contributed by atoms with Crippen LogP contribution in [0.1, 0.15) is 30.6 Å². The van der Waals surface area contributed by atoms with E-state index in [0.29, 0.717) is 6.04 Å². The van der Waals surface area contributed by atoms with Crippen LogP contribution >= 0.6 is 15.9 Å². The van der Waals surface area contributed by atoms with Gasteiger partial charge in [-0.3, -0.25) is 0 Å². The molecule has 0 saturated heterocycles. The zero-order valence-electron chi connectivity index (χ0n) is 9.91. The van der Waals surface area contributed by atoms with E-state index < -0.39 is 0 Å². The molecule has 1 heterocycles. The number of H-pyrrole nitrogens is 1. The van der Waals surface area contributed by atoms with Crippen LogP contribution in [-0.4, -0.2) is 4.98 Å². The molecular formula is C14H17BrN2. The van der Waals surface area contributed by atoms with Crippen molar-refractivity contribution in [1.82, 2.24) is 10.3 Å². The topological polar surface area (TPSA) is 27.8 Å². The van der Waals surface area contributed by atoms with Crippen LogP contribution in [0, 0.1) is 0 Å². The number of halogens is 1. The largest absolute Gasteiger partial charge is 0.364 e. The van der Waals surface area contributed by atoms with Crippen molar-refractivity contribution in [3.05, 3.63) is 58.3 Å². The Morgan fingerprint density at radius 2 is 2.00 bits per heavy atom. The van der Waals surface area contributed by atoms with E-state index in [-0.39, 0.29) is 0 Å². The molecular weight excluding hydrogens is 276 g/mol. The van der Waals surface area contributed by atoms with Crippen LogP contribution in [0.5, 0.6) is 0 Å². The van der Waals surface area contributed by atoms with E-state index in [1.54, 1.807) is 0 Å². The molecule has 1 unspecified atom stereocenters. The smallest absolute Gasteiger partial charge is 0.0362 e. The lowest BCUT2D eigenvalue weighted by Crippen LogP contribution is -2.20. The molecule has 1 aromatic carbocycles. The monoisotopic (exact) mass is 292 g/mol. The van der Waals surface area contributed by atoms with Crippen molar-refractivity contribution in [2.24, 2.45) is 0 Å². The SMILES string of the molecule is CCC(NCc1ccc[nH]1)c1ccc(Br)cc1. The second-order valence-electron chi connectivity index (χ2n) is 4.09. The molecule has 0 saturated carbocycles.